The highest BCUT2D eigenvalue weighted by Crippen LogP contribution is 2.29. The van der Waals surface area contributed by atoms with E-state index in [0.29, 0.717) is 30.0 Å². The summed E-state index contributed by atoms with van der Waals surface area (Å²) in [6.07, 6.45) is -2.36. The van der Waals surface area contributed by atoms with Gasteiger partial charge in [-0.05, 0) is 26.3 Å². The molecule has 1 aliphatic heterocycles. The Hall–Kier alpha value is -2.36. The van der Waals surface area contributed by atoms with Gasteiger partial charge in [0.15, 0.2) is 0 Å². The van der Waals surface area contributed by atoms with Crippen LogP contribution in [0.4, 0.5) is 13.2 Å². The van der Waals surface area contributed by atoms with Crippen LogP contribution in [0.5, 0.6) is 0 Å². The highest BCUT2D eigenvalue weighted by molar-refractivity contribution is 5.79. The maximum absolute atomic E-state index is 12.6. The Morgan fingerprint density at radius 3 is 2.78 bits per heavy atom. The second-order valence-corrected chi connectivity index (χ2v) is 6.73. The Kier molecular flexibility index (Phi) is 5.27. The van der Waals surface area contributed by atoms with E-state index in [-0.39, 0.29) is 24.5 Å². The van der Waals surface area contributed by atoms with E-state index in [0.717, 1.165) is 10.4 Å². The van der Waals surface area contributed by atoms with Crippen LogP contribution in [0.2, 0.25) is 0 Å². The van der Waals surface area contributed by atoms with E-state index in [1.165, 1.54) is 0 Å². The van der Waals surface area contributed by atoms with Crippen molar-refractivity contribution >= 4 is 5.91 Å². The van der Waals surface area contributed by atoms with E-state index in [9.17, 15) is 18.0 Å². The fourth-order valence-electron chi connectivity index (χ4n) is 3.42. The molecule has 1 saturated heterocycles. The maximum atomic E-state index is 12.6. The van der Waals surface area contributed by atoms with Crippen molar-refractivity contribution in [2.24, 2.45) is 7.05 Å². The Morgan fingerprint density at radius 1 is 1.41 bits per heavy atom. The van der Waals surface area contributed by atoms with Gasteiger partial charge in [0.05, 0.1) is 23.9 Å². The number of carbonyl (C=O) groups excluding carboxylic acids is 1. The predicted molar refractivity (Wildman–Crippen MR) is 89.9 cm³/mol. The number of carbonyl (C=O) groups is 1. The monoisotopic (exact) mass is 385 g/mol. The minimum Gasteiger partial charge on any atom is -0.370 e. The summed E-state index contributed by atoms with van der Waals surface area (Å²) < 4.78 is 46.3. The van der Waals surface area contributed by atoms with E-state index < -0.39 is 12.7 Å². The molecule has 1 amide bonds. The molecule has 0 bridgehead atoms. The van der Waals surface area contributed by atoms with Crippen LogP contribution in [0.3, 0.4) is 0 Å². The third-order valence-electron chi connectivity index (χ3n) is 4.79. The minimum atomic E-state index is -4.36. The van der Waals surface area contributed by atoms with Crippen molar-refractivity contribution in [3.05, 3.63) is 34.9 Å². The number of nitrogens with one attached hydrogen (secondary N) is 1. The lowest BCUT2D eigenvalue weighted by Crippen LogP contribution is -2.38. The van der Waals surface area contributed by atoms with Gasteiger partial charge in [0.25, 0.3) is 0 Å². The van der Waals surface area contributed by atoms with Crippen LogP contribution >= 0.6 is 0 Å². The molecule has 3 rings (SSSR count). The molecular formula is C17H22F3N5O2. The van der Waals surface area contributed by atoms with E-state index in [2.05, 4.69) is 15.5 Å². The van der Waals surface area contributed by atoms with Crippen LogP contribution in [0.15, 0.2) is 12.3 Å². The number of nitrogens with zero attached hydrogens (tertiary/aromatic N) is 4. The topological polar surface area (TPSA) is 74.0 Å². The molecule has 0 unspecified atom stereocenters. The molecule has 0 aliphatic carbocycles. The summed E-state index contributed by atoms with van der Waals surface area (Å²) in [5.74, 6) is -0.268. The quantitative estimate of drug-likeness (QED) is 0.854. The SMILES string of the molecule is Cc1nn(CC(F)(F)F)c(C)c1CC(=O)N[C@H]1CCO[C@@H]1c1ccnn1C. The Labute approximate surface area is 154 Å². The molecule has 148 valence electrons. The Bertz CT molecular complexity index is 827. The smallest absolute Gasteiger partial charge is 0.370 e. The summed E-state index contributed by atoms with van der Waals surface area (Å²) in [5, 5.41) is 11.0. The molecule has 1 aliphatic rings. The van der Waals surface area contributed by atoms with Crippen molar-refractivity contribution in [3.63, 3.8) is 0 Å². The summed E-state index contributed by atoms with van der Waals surface area (Å²) in [6, 6.07) is 1.63. The van der Waals surface area contributed by atoms with Crippen molar-refractivity contribution < 1.29 is 22.7 Å². The minimum absolute atomic E-state index is 0.0237. The molecule has 0 aromatic carbocycles. The van der Waals surface area contributed by atoms with E-state index in [1.807, 2.05) is 6.07 Å². The first-order valence-electron chi connectivity index (χ1n) is 8.64. The van der Waals surface area contributed by atoms with Crippen LogP contribution in [0.1, 0.15) is 35.2 Å². The van der Waals surface area contributed by atoms with Crippen molar-refractivity contribution in [2.45, 2.75) is 51.6 Å². The lowest BCUT2D eigenvalue weighted by atomic mass is 10.1. The molecule has 2 aromatic heterocycles. The van der Waals surface area contributed by atoms with E-state index >= 15 is 0 Å². The number of aryl methyl sites for hydroxylation is 2. The Morgan fingerprint density at radius 2 is 2.15 bits per heavy atom. The average molecular weight is 385 g/mol. The number of alkyl halides is 3. The summed E-state index contributed by atoms with van der Waals surface area (Å²) in [7, 11) is 1.80. The van der Waals surface area contributed by atoms with Crippen LogP contribution in [-0.2, 0) is 29.5 Å². The summed E-state index contributed by atoms with van der Waals surface area (Å²) >= 11 is 0. The third kappa shape index (κ3) is 4.32. The van der Waals surface area contributed by atoms with Crippen LogP contribution < -0.4 is 5.32 Å². The van der Waals surface area contributed by atoms with Gasteiger partial charge in [0, 0.05) is 31.1 Å². The number of rotatable bonds is 5. The molecular weight excluding hydrogens is 363 g/mol. The zero-order chi connectivity index (χ0) is 19.8. The summed E-state index contributed by atoms with van der Waals surface area (Å²) in [4.78, 5) is 12.5. The van der Waals surface area contributed by atoms with Crippen molar-refractivity contribution in [3.8, 4) is 0 Å². The molecule has 2 atom stereocenters. The number of halogens is 3. The van der Waals surface area contributed by atoms with Crippen molar-refractivity contribution in [1.29, 1.82) is 0 Å². The molecule has 7 nitrogen and oxygen atoms in total. The van der Waals surface area contributed by atoms with Gasteiger partial charge >= 0.3 is 6.18 Å². The highest BCUT2D eigenvalue weighted by Gasteiger charge is 2.33. The van der Waals surface area contributed by atoms with Gasteiger partial charge in [0.1, 0.15) is 12.6 Å². The van der Waals surface area contributed by atoms with Gasteiger partial charge in [0.2, 0.25) is 5.91 Å². The number of amides is 1. The van der Waals surface area contributed by atoms with E-state index in [4.69, 9.17) is 4.74 Å². The lowest BCUT2D eigenvalue weighted by molar-refractivity contribution is -0.143. The normalized spacial score (nSPS) is 20.2. The zero-order valence-corrected chi connectivity index (χ0v) is 15.4. The van der Waals surface area contributed by atoms with Crippen LogP contribution in [0, 0.1) is 13.8 Å². The standard InChI is InChI=1S/C17H22F3N5O2/c1-10-12(11(2)25(23-10)9-17(18,19)20)8-15(26)22-13-5-7-27-16(13)14-4-6-21-24(14)3/h4,6,13,16H,5,7-9H2,1-3H3,(H,22,26)/t13-,16-/m0/s1. The van der Waals surface area contributed by atoms with Gasteiger partial charge < -0.3 is 10.1 Å². The molecule has 10 heteroatoms. The number of ether oxygens (including phenoxy) is 1. The Balaban J connectivity index is 1.68. The maximum Gasteiger partial charge on any atom is 0.408 e. The van der Waals surface area contributed by atoms with Gasteiger partial charge in [-0.15, -0.1) is 0 Å². The van der Waals surface area contributed by atoms with E-state index in [1.54, 1.807) is 31.8 Å². The van der Waals surface area contributed by atoms with Gasteiger partial charge in [-0.2, -0.15) is 23.4 Å². The molecule has 0 saturated carbocycles. The molecule has 1 N–H and O–H groups in total. The highest BCUT2D eigenvalue weighted by atomic mass is 19.4. The van der Waals surface area contributed by atoms with Gasteiger partial charge in [-0.25, -0.2) is 0 Å². The van der Waals surface area contributed by atoms with Crippen LogP contribution in [-0.4, -0.2) is 44.3 Å². The summed E-state index contributed by atoms with van der Waals surface area (Å²) in [5.41, 5.74) is 2.17. The van der Waals surface area contributed by atoms with Crippen molar-refractivity contribution in [2.75, 3.05) is 6.61 Å². The second kappa shape index (κ2) is 7.34. The molecule has 1 fully saturated rings. The largest absolute Gasteiger partial charge is 0.408 e. The molecule has 0 radical (unpaired) electrons. The lowest BCUT2D eigenvalue weighted by Gasteiger charge is -2.20. The van der Waals surface area contributed by atoms with Crippen LogP contribution in [0.25, 0.3) is 0 Å². The third-order valence-corrected chi connectivity index (χ3v) is 4.79. The van der Waals surface area contributed by atoms with Crippen molar-refractivity contribution in [1.82, 2.24) is 24.9 Å². The zero-order valence-electron chi connectivity index (χ0n) is 15.4. The number of hydrogen-bond donors (Lipinski definition) is 1. The summed E-state index contributed by atoms with van der Waals surface area (Å²) in [6.45, 7) is 2.51. The fourth-order valence-corrected chi connectivity index (χ4v) is 3.42. The fraction of sp³-hybridized carbons (Fsp3) is 0.588. The second-order valence-electron chi connectivity index (χ2n) is 6.73. The first-order chi connectivity index (χ1) is 12.7. The number of hydrogen-bond acceptors (Lipinski definition) is 4. The predicted octanol–water partition coefficient (Wildman–Crippen LogP) is 1.98. The van der Waals surface area contributed by atoms with Gasteiger partial charge in [-0.3, -0.25) is 14.2 Å². The number of aromatic nitrogens is 4. The molecule has 0 spiro atoms. The first kappa shape index (κ1) is 19.4. The average Bonchev–Trinajstić information content (AvgIpc) is 3.23. The first-order valence-corrected chi connectivity index (χ1v) is 8.64. The molecule has 27 heavy (non-hydrogen) atoms. The molecule has 2 aromatic rings. The molecule has 3 heterocycles. The van der Waals surface area contributed by atoms with Gasteiger partial charge in [-0.1, -0.05) is 0 Å².